The third-order valence-corrected chi connectivity index (χ3v) is 5.70. The van der Waals surface area contributed by atoms with Gasteiger partial charge in [-0.1, -0.05) is 18.1 Å². The first-order valence-electron chi connectivity index (χ1n) is 9.67. The average molecular weight is 415 g/mol. The highest BCUT2D eigenvalue weighted by molar-refractivity contribution is 7.98. The Bertz CT molecular complexity index is 1050. The maximum absolute atomic E-state index is 12.4. The summed E-state index contributed by atoms with van der Waals surface area (Å²) < 4.78 is 6.27. The summed E-state index contributed by atoms with van der Waals surface area (Å²) in [7, 11) is 0. The topological polar surface area (TPSA) is 92.9 Å². The summed E-state index contributed by atoms with van der Waals surface area (Å²) in [5, 5.41) is 7.07. The molecular weight excluding hydrogens is 388 g/mol. The van der Waals surface area contributed by atoms with E-state index in [2.05, 4.69) is 29.3 Å². The lowest BCUT2D eigenvalue weighted by Gasteiger charge is -2.11. The third-order valence-electron chi connectivity index (χ3n) is 4.63. The average Bonchev–Trinajstić information content (AvgIpc) is 3.10. The number of aromatic amines is 1. The Morgan fingerprint density at radius 3 is 2.72 bits per heavy atom. The van der Waals surface area contributed by atoms with Crippen molar-refractivity contribution in [2.24, 2.45) is 0 Å². The summed E-state index contributed by atoms with van der Waals surface area (Å²) in [5.74, 6) is 2.77. The maximum atomic E-state index is 12.4. The van der Waals surface area contributed by atoms with Gasteiger partial charge in [0.2, 0.25) is 0 Å². The minimum atomic E-state index is -0.403. The van der Waals surface area contributed by atoms with Crippen molar-refractivity contribution in [3.63, 3.8) is 0 Å². The van der Waals surface area contributed by atoms with Crippen LogP contribution >= 0.6 is 11.8 Å². The summed E-state index contributed by atoms with van der Waals surface area (Å²) in [4.78, 5) is 27.5. The number of hydrogen-bond acceptors (Lipinski definition) is 6. The standard InChI is InChI=1S/C21H26N4O3S/c1-4-16-11-17(7-6-14(16)2)22-19-12-20(26)25(21(27)23-19)8-5-9-29-13-18-10-15(3)28-24-18/h6-7,10-12,22H,4-5,8-9,13H2,1-3H3,(H,23,27). The van der Waals surface area contributed by atoms with E-state index in [0.29, 0.717) is 12.4 Å². The fourth-order valence-corrected chi connectivity index (χ4v) is 3.90. The molecule has 0 aliphatic heterocycles. The molecule has 3 rings (SSSR count). The van der Waals surface area contributed by atoms with E-state index < -0.39 is 5.69 Å². The van der Waals surface area contributed by atoms with E-state index in [-0.39, 0.29) is 5.56 Å². The molecule has 2 N–H and O–H groups in total. The third kappa shape index (κ3) is 5.63. The molecule has 29 heavy (non-hydrogen) atoms. The molecule has 2 heterocycles. The molecule has 0 spiro atoms. The van der Waals surface area contributed by atoms with Gasteiger partial charge in [0.25, 0.3) is 5.56 Å². The molecule has 0 amide bonds. The molecule has 0 fully saturated rings. The van der Waals surface area contributed by atoms with Gasteiger partial charge in [-0.3, -0.25) is 14.3 Å². The van der Waals surface area contributed by atoms with Crippen molar-refractivity contribution in [2.75, 3.05) is 11.1 Å². The molecule has 0 saturated heterocycles. The van der Waals surface area contributed by atoms with E-state index >= 15 is 0 Å². The molecule has 0 bridgehead atoms. The molecule has 0 radical (unpaired) electrons. The van der Waals surface area contributed by atoms with Gasteiger partial charge < -0.3 is 9.84 Å². The van der Waals surface area contributed by atoms with E-state index in [1.165, 1.54) is 21.8 Å². The number of benzene rings is 1. The number of nitrogens with one attached hydrogen (secondary N) is 2. The molecule has 0 aliphatic carbocycles. The van der Waals surface area contributed by atoms with Gasteiger partial charge in [-0.15, -0.1) is 0 Å². The first-order valence-corrected chi connectivity index (χ1v) is 10.8. The lowest BCUT2D eigenvalue weighted by molar-refractivity contribution is 0.393. The number of aromatic nitrogens is 3. The molecule has 0 atom stereocenters. The van der Waals surface area contributed by atoms with Crippen LogP contribution in [0, 0.1) is 13.8 Å². The lowest BCUT2D eigenvalue weighted by atomic mass is 10.1. The Morgan fingerprint density at radius 1 is 1.21 bits per heavy atom. The highest BCUT2D eigenvalue weighted by Crippen LogP contribution is 2.18. The summed E-state index contributed by atoms with van der Waals surface area (Å²) in [5.41, 5.74) is 3.48. The van der Waals surface area contributed by atoms with Crippen molar-refractivity contribution < 1.29 is 4.52 Å². The van der Waals surface area contributed by atoms with Crippen LogP contribution in [0.15, 0.2) is 44.4 Å². The normalized spacial score (nSPS) is 11.0. The fourth-order valence-electron chi connectivity index (χ4n) is 3.07. The fraction of sp³-hybridized carbons (Fsp3) is 0.381. The molecule has 8 heteroatoms. The van der Waals surface area contributed by atoms with E-state index in [9.17, 15) is 9.59 Å². The molecule has 0 unspecified atom stereocenters. The van der Waals surface area contributed by atoms with E-state index in [1.54, 1.807) is 11.8 Å². The molecule has 154 valence electrons. The highest BCUT2D eigenvalue weighted by Gasteiger charge is 2.06. The summed E-state index contributed by atoms with van der Waals surface area (Å²) >= 11 is 1.70. The van der Waals surface area contributed by atoms with Crippen molar-refractivity contribution in [1.29, 1.82) is 0 Å². The number of hydrogen-bond donors (Lipinski definition) is 2. The van der Waals surface area contributed by atoms with Crippen LogP contribution < -0.4 is 16.6 Å². The number of nitrogens with zero attached hydrogens (tertiary/aromatic N) is 2. The first-order chi connectivity index (χ1) is 14.0. The second-order valence-corrected chi connectivity index (χ2v) is 8.04. The van der Waals surface area contributed by atoms with Crippen molar-refractivity contribution in [3.05, 3.63) is 73.8 Å². The highest BCUT2D eigenvalue weighted by atomic mass is 32.2. The Hall–Kier alpha value is -2.74. The largest absolute Gasteiger partial charge is 0.361 e. The minimum absolute atomic E-state index is 0.309. The number of aryl methyl sites for hydroxylation is 3. The van der Waals surface area contributed by atoms with Gasteiger partial charge in [-0.25, -0.2) is 4.79 Å². The number of rotatable bonds is 9. The Morgan fingerprint density at radius 2 is 2.03 bits per heavy atom. The van der Waals surface area contributed by atoms with Gasteiger partial charge in [-0.05, 0) is 55.7 Å². The summed E-state index contributed by atoms with van der Waals surface area (Å²) in [6.45, 7) is 6.40. The second-order valence-electron chi connectivity index (χ2n) is 6.93. The zero-order chi connectivity index (χ0) is 20.8. The smallest absolute Gasteiger partial charge is 0.329 e. The summed E-state index contributed by atoms with van der Waals surface area (Å²) in [6.07, 6.45) is 1.64. The molecule has 0 aliphatic rings. The zero-order valence-corrected chi connectivity index (χ0v) is 17.8. The van der Waals surface area contributed by atoms with Crippen LogP contribution in [0.2, 0.25) is 0 Å². The number of H-pyrrole nitrogens is 1. The van der Waals surface area contributed by atoms with E-state index in [0.717, 1.165) is 41.5 Å². The molecule has 0 saturated carbocycles. The van der Waals surface area contributed by atoms with Gasteiger partial charge in [-0.2, -0.15) is 11.8 Å². The predicted molar refractivity (Wildman–Crippen MR) is 117 cm³/mol. The van der Waals surface area contributed by atoms with Crippen molar-refractivity contribution >= 4 is 23.3 Å². The molecule has 7 nitrogen and oxygen atoms in total. The predicted octanol–water partition coefficient (Wildman–Crippen LogP) is 3.77. The number of anilines is 2. The zero-order valence-electron chi connectivity index (χ0n) is 16.9. The van der Waals surface area contributed by atoms with E-state index in [4.69, 9.17) is 4.52 Å². The van der Waals surface area contributed by atoms with Crippen molar-refractivity contribution in [3.8, 4) is 0 Å². The number of thioether (sulfide) groups is 1. The van der Waals surface area contributed by atoms with Crippen LogP contribution in [0.1, 0.15) is 35.9 Å². The Kier molecular flexibility index (Phi) is 6.98. The monoisotopic (exact) mass is 414 g/mol. The molecule has 3 aromatic rings. The molecule has 1 aromatic carbocycles. The second kappa shape index (κ2) is 9.65. The quantitative estimate of drug-likeness (QED) is 0.518. The van der Waals surface area contributed by atoms with Crippen LogP contribution in [-0.2, 0) is 18.7 Å². The van der Waals surface area contributed by atoms with Gasteiger partial charge >= 0.3 is 5.69 Å². The minimum Gasteiger partial charge on any atom is -0.361 e. The Balaban J connectivity index is 1.57. The van der Waals surface area contributed by atoms with Crippen LogP contribution in [0.5, 0.6) is 0 Å². The summed E-state index contributed by atoms with van der Waals surface area (Å²) in [6, 6.07) is 9.33. The van der Waals surface area contributed by atoms with Crippen molar-refractivity contribution in [2.45, 2.75) is 45.9 Å². The van der Waals surface area contributed by atoms with Gasteiger partial charge in [0.1, 0.15) is 11.6 Å². The van der Waals surface area contributed by atoms with Gasteiger partial charge in [0.15, 0.2) is 0 Å². The Labute approximate surface area is 173 Å². The molecule has 2 aromatic heterocycles. The SMILES string of the molecule is CCc1cc(Nc2cc(=O)n(CCCSCc3cc(C)on3)c(=O)[nH]2)ccc1C. The molecular formula is C21H26N4O3S. The lowest BCUT2D eigenvalue weighted by Crippen LogP contribution is -2.35. The van der Waals surface area contributed by atoms with Gasteiger partial charge in [0.05, 0.1) is 5.69 Å². The van der Waals surface area contributed by atoms with E-state index in [1.807, 2.05) is 31.2 Å². The van der Waals surface area contributed by atoms with Crippen LogP contribution in [0.3, 0.4) is 0 Å². The van der Waals surface area contributed by atoms with Gasteiger partial charge in [0, 0.05) is 30.1 Å². The maximum Gasteiger partial charge on any atom is 0.329 e. The van der Waals surface area contributed by atoms with Crippen LogP contribution in [0.25, 0.3) is 0 Å². The van der Waals surface area contributed by atoms with Crippen molar-refractivity contribution in [1.82, 2.24) is 14.7 Å². The first kappa shape index (κ1) is 21.0. The van der Waals surface area contributed by atoms with Crippen LogP contribution in [-0.4, -0.2) is 20.5 Å². The van der Waals surface area contributed by atoms with Crippen LogP contribution in [0.4, 0.5) is 11.5 Å².